The van der Waals surface area contributed by atoms with Gasteiger partial charge in [0.15, 0.2) is 0 Å². The molecule has 1 aromatic carbocycles. The normalized spacial score (nSPS) is 16.9. The first-order valence-corrected chi connectivity index (χ1v) is 7.86. The van der Waals surface area contributed by atoms with Crippen molar-refractivity contribution in [1.82, 2.24) is 9.80 Å². The molecule has 0 aliphatic carbocycles. The summed E-state index contributed by atoms with van der Waals surface area (Å²) in [7, 11) is 1.67. The second-order valence-corrected chi connectivity index (χ2v) is 6.07. The molecule has 1 aliphatic heterocycles. The number of methoxy groups -OCH3 is 1. The quantitative estimate of drug-likeness (QED) is 0.845. The fourth-order valence-corrected chi connectivity index (χ4v) is 2.84. The minimum atomic E-state index is -0.724. The molecule has 0 spiro atoms. The van der Waals surface area contributed by atoms with Crippen LogP contribution in [0.25, 0.3) is 0 Å². The van der Waals surface area contributed by atoms with Crippen LogP contribution in [0.4, 0.5) is 0 Å². The van der Waals surface area contributed by atoms with Crippen LogP contribution in [0, 0.1) is 0 Å². The molecule has 0 radical (unpaired) electrons. The molecule has 0 amide bonds. The molecule has 0 saturated carbocycles. The summed E-state index contributed by atoms with van der Waals surface area (Å²) in [5.74, 6) is 0.144. The molecule has 0 atom stereocenters. The molecule has 0 bridgehead atoms. The van der Waals surface area contributed by atoms with E-state index in [0.717, 1.165) is 42.9 Å². The van der Waals surface area contributed by atoms with Crippen molar-refractivity contribution in [3.8, 4) is 5.75 Å². The Bertz CT molecular complexity index is 488. The van der Waals surface area contributed by atoms with Crippen molar-refractivity contribution in [2.75, 3.05) is 39.8 Å². The predicted octanol–water partition coefficient (Wildman–Crippen LogP) is 2.05. The highest BCUT2D eigenvalue weighted by atomic mass is 79.9. The summed E-state index contributed by atoms with van der Waals surface area (Å²) in [4.78, 5) is 15.2. The van der Waals surface area contributed by atoms with Gasteiger partial charge in [0.05, 0.1) is 13.5 Å². The molecule has 21 heavy (non-hydrogen) atoms. The minimum Gasteiger partial charge on any atom is -0.497 e. The van der Waals surface area contributed by atoms with Gasteiger partial charge in [0.2, 0.25) is 0 Å². The van der Waals surface area contributed by atoms with Crippen molar-refractivity contribution in [1.29, 1.82) is 0 Å². The molecule has 5 nitrogen and oxygen atoms in total. The predicted molar refractivity (Wildman–Crippen MR) is 84.7 cm³/mol. The first-order chi connectivity index (χ1) is 10.1. The van der Waals surface area contributed by atoms with E-state index in [0.29, 0.717) is 6.54 Å². The van der Waals surface area contributed by atoms with Crippen LogP contribution in [0.2, 0.25) is 0 Å². The van der Waals surface area contributed by atoms with Gasteiger partial charge in [-0.25, -0.2) is 0 Å². The van der Waals surface area contributed by atoms with Crippen LogP contribution < -0.4 is 4.74 Å². The van der Waals surface area contributed by atoms with Gasteiger partial charge in [0.25, 0.3) is 0 Å². The Morgan fingerprint density at radius 1 is 1.29 bits per heavy atom. The number of hydrogen-bond donors (Lipinski definition) is 1. The van der Waals surface area contributed by atoms with Crippen molar-refractivity contribution in [3.63, 3.8) is 0 Å². The number of rotatable bonds is 6. The molecule has 1 N–H and O–H groups in total. The number of piperazine rings is 1. The van der Waals surface area contributed by atoms with Gasteiger partial charge in [-0.15, -0.1) is 0 Å². The maximum Gasteiger partial charge on any atom is 0.304 e. The van der Waals surface area contributed by atoms with E-state index in [2.05, 4.69) is 31.8 Å². The Labute approximate surface area is 133 Å². The molecular weight excluding hydrogens is 336 g/mol. The van der Waals surface area contributed by atoms with Crippen LogP contribution in [-0.4, -0.2) is 60.7 Å². The van der Waals surface area contributed by atoms with Gasteiger partial charge in [-0.3, -0.25) is 9.69 Å². The van der Waals surface area contributed by atoms with Crippen molar-refractivity contribution in [2.24, 2.45) is 0 Å². The summed E-state index contributed by atoms with van der Waals surface area (Å²) in [5.41, 5.74) is 1.22. The van der Waals surface area contributed by atoms with Crippen molar-refractivity contribution in [2.45, 2.75) is 13.0 Å². The zero-order valence-corrected chi connectivity index (χ0v) is 13.8. The molecule has 0 aromatic heterocycles. The highest BCUT2D eigenvalue weighted by Crippen LogP contribution is 2.24. The van der Waals surface area contributed by atoms with E-state index in [1.54, 1.807) is 7.11 Å². The van der Waals surface area contributed by atoms with E-state index in [4.69, 9.17) is 9.84 Å². The van der Waals surface area contributed by atoms with Crippen LogP contribution in [0.15, 0.2) is 22.7 Å². The Morgan fingerprint density at radius 3 is 2.57 bits per heavy atom. The molecule has 1 aliphatic rings. The Morgan fingerprint density at radius 2 is 1.95 bits per heavy atom. The fraction of sp³-hybridized carbons (Fsp3) is 0.533. The lowest BCUT2D eigenvalue weighted by Gasteiger charge is -2.34. The highest BCUT2D eigenvalue weighted by molar-refractivity contribution is 9.10. The first kappa shape index (κ1) is 16.3. The van der Waals surface area contributed by atoms with Gasteiger partial charge in [-0.1, -0.05) is 15.9 Å². The lowest BCUT2D eigenvalue weighted by molar-refractivity contribution is -0.137. The third-order valence-corrected chi connectivity index (χ3v) is 4.53. The van der Waals surface area contributed by atoms with Crippen LogP contribution in [-0.2, 0) is 11.3 Å². The third-order valence-electron chi connectivity index (χ3n) is 3.75. The van der Waals surface area contributed by atoms with Crippen LogP contribution in [0.1, 0.15) is 12.0 Å². The Hall–Kier alpha value is -1.11. The maximum atomic E-state index is 10.6. The van der Waals surface area contributed by atoms with Gasteiger partial charge in [-0.2, -0.15) is 0 Å². The molecule has 1 fully saturated rings. The van der Waals surface area contributed by atoms with Crippen LogP contribution >= 0.6 is 15.9 Å². The van der Waals surface area contributed by atoms with Crippen LogP contribution in [0.3, 0.4) is 0 Å². The van der Waals surface area contributed by atoms with Gasteiger partial charge < -0.3 is 14.7 Å². The smallest absolute Gasteiger partial charge is 0.304 e. The summed E-state index contributed by atoms with van der Waals surface area (Å²) in [6, 6.07) is 6.01. The zero-order chi connectivity index (χ0) is 15.2. The van der Waals surface area contributed by atoms with E-state index in [-0.39, 0.29) is 6.42 Å². The second kappa shape index (κ2) is 7.77. The standard InChI is InChI=1S/C15H21BrN2O3/c1-21-13-2-3-14(16)12(10-13)11-18-8-6-17(7-9-18)5-4-15(19)20/h2-3,10H,4-9,11H2,1H3,(H,19,20). The lowest BCUT2D eigenvalue weighted by atomic mass is 10.2. The third kappa shape index (κ3) is 4.98. The minimum absolute atomic E-state index is 0.224. The average molecular weight is 357 g/mol. The number of hydrogen-bond acceptors (Lipinski definition) is 4. The average Bonchev–Trinajstić information content (AvgIpc) is 2.48. The summed E-state index contributed by atoms with van der Waals surface area (Å²) >= 11 is 3.58. The van der Waals surface area contributed by atoms with Crippen molar-refractivity contribution in [3.05, 3.63) is 28.2 Å². The Balaban J connectivity index is 1.84. The summed E-state index contributed by atoms with van der Waals surface area (Å²) < 4.78 is 6.36. The lowest BCUT2D eigenvalue weighted by Crippen LogP contribution is -2.46. The summed E-state index contributed by atoms with van der Waals surface area (Å²) in [6.45, 7) is 5.30. The largest absolute Gasteiger partial charge is 0.497 e. The van der Waals surface area contributed by atoms with E-state index in [9.17, 15) is 4.79 Å². The first-order valence-electron chi connectivity index (χ1n) is 7.07. The number of halogens is 1. The van der Waals surface area contributed by atoms with Crippen molar-refractivity contribution < 1.29 is 14.6 Å². The molecule has 0 unspecified atom stereocenters. The number of ether oxygens (including phenoxy) is 1. The number of benzene rings is 1. The number of nitrogens with zero attached hydrogens (tertiary/aromatic N) is 2. The maximum absolute atomic E-state index is 10.6. The topological polar surface area (TPSA) is 53.0 Å². The summed E-state index contributed by atoms with van der Waals surface area (Å²) in [5, 5.41) is 8.72. The molecule has 2 rings (SSSR count). The van der Waals surface area contributed by atoms with Gasteiger partial charge in [-0.05, 0) is 23.8 Å². The van der Waals surface area contributed by atoms with Gasteiger partial charge in [0.1, 0.15) is 5.75 Å². The molecule has 6 heteroatoms. The summed E-state index contributed by atoms with van der Waals surface area (Å²) in [6.07, 6.45) is 0.224. The van der Waals surface area contributed by atoms with E-state index >= 15 is 0 Å². The SMILES string of the molecule is COc1ccc(Br)c(CN2CCN(CCC(=O)O)CC2)c1. The molecule has 116 valence electrons. The molecule has 1 saturated heterocycles. The molecule has 1 aromatic rings. The fourth-order valence-electron chi connectivity index (χ4n) is 2.46. The van der Waals surface area contributed by atoms with Crippen molar-refractivity contribution >= 4 is 21.9 Å². The number of carboxylic acids is 1. The van der Waals surface area contributed by atoms with Gasteiger partial charge in [0, 0.05) is 43.7 Å². The van der Waals surface area contributed by atoms with Crippen LogP contribution in [0.5, 0.6) is 5.75 Å². The Kier molecular flexibility index (Phi) is 6.02. The highest BCUT2D eigenvalue weighted by Gasteiger charge is 2.18. The van der Waals surface area contributed by atoms with E-state index in [1.165, 1.54) is 5.56 Å². The number of carboxylic acid groups (broad SMARTS) is 1. The number of aliphatic carboxylic acids is 1. The van der Waals surface area contributed by atoms with E-state index in [1.807, 2.05) is 12.1 Å². The molecule has 1 heterocycles. The second-order valence-electron chi connectivity index (χ2n) is 5.22. The van der Waals surface area contributed by atoms with E-state index < -0.39 is 5.97 Å². The number of carbonyl (C=O) groups is 1. The van der Waals surface area contributed by atoms with Gasteiger partial charge >= 0.3 is 5.97 Å². The zero-order valence-electron chi connectivity index (χ0n) is 12.2. The monoisotopic (exact) mass is 356 g/mol. The molecular formula is C15H21BrN2O3.